The summed E-state index contributed by atoms with van der Waals surface area (Å²) in [5.74, 6) is 0.805. The first-order valence-electron chi connectivity index (χ1n) is 4.64. The van der Waals surface area contributed by atoms with Crippen LogP contribution < -0.4 is 0 Å². The van der Waals surface area contributed by atoms with E-state index in [1.54, 1.807) is 0 Å². The molecule has 66 valence electrons. The van der Waals surface area contributed by atoms with Gasteiger partial charge in [0.1, 0.15) is 5.52 Å². The molecule has 3 rings (SSSR count). The van der Waals surface area contributed by atoms with Gasteiger partial charge in [0.05, 0.1) is 5.52 Å². The van der Waals surface area contributed by atoms with E-state index in [4.69, 9.17) is 0 Å². The summed E-state index contributed by atoms with van der Waals surface area (Å²) in [5, 5.41) is 8.04. The van der Waals surface area contributed by atoms with Crippen molar-refractivity contribution >= 4 is 11.0 Å². The molecule has 0 saturated heterocycles. The minimum absolute atomic E-state index is 0.805. The van der Waals surface area contributed by atoms with E-state index >= 15 is 0 Å². The molecule has 0 radical (unpaired) electrons. The van der Waals surface area contributed by atoms with Crippen LogP contribution in [0.5, 0.6) is 0 Å². The van der Waals surface area contributed by atoms with Gasteiger partial charge in [-0.25, -0.2) is 4.68 Å². The molecule has 0 unspecified atom stereocenters. The van der Waals surface area contributed by atoms with Crippen molar-refractivity contribution in [3.63, 3.8) is 0 Å². The summed E-state index contributed by atoms with van der Waals surface area (Å²) in [6, 6.07) is 6.46. The van der Waals surface area contributed by atoms with E-state index in [-0.39, 0.29) is 0 Å². The molecule has 3 heteroatoms. The smallest absolute Gasteiger partial charge is 0.113 e. The first kappa shape index (κ1) is 7.06. The highest BCUT2D eigenvalue weighted by Gasteiger charge is 2.23. The number of fused-ring (bicyclic) bond motifs is 1. The summed E-state index contributed by atoms with van der Waals surface area (Å²) in [5.41, 5.74) is 3.58. The monoisotopic (exact) mass is 173 g/mol. The van der Waals surface area contributed by atoms with Crippen LogP contribution in [0.25, 0.3) is 11.0 Å². The van der Waals surface area contributed by atoms with Gasteiger partial charge in [0.2, 0.25) is 0 Å². The summed E-state index contributed by atoms with van der Waals surface area (Å²) in [7, 11) is 1.94. The predicted octanol–water partition coefficient (Wildman–Crippen LogP) is 1.85. The first-order valence-corrected chi connectivity index (χ1v) is 4.64. The average molecular weight is 173 g/mol. The van der Waals surface area contributed by atoms with Gasteiger partial charge in [-0.2, -0.15) is 0 Å². The lowest BCUT2D eigenvalue weighted by molar-refractivity contribution is 0.736. The van der Waals surface area contributed by atoms with Crippen LogP contribution in [0, 0.1) is 0 Å². The molecule has 0 spiro atoms. The zero-order chi connectivity index (χ0) is 8.84. The Labute approximate surface area is 76.4 Å². The molecule has 1 aromatic heterocycles. The van der Waals surface area contributed by atoms with Crippen LogP contribution in [0.4, 0.5) is 0 Å². The van der Waals surface area contributed by atoms with Crippen LogP contribution >= 0.6 is 0 Å². The quantitative estimate of drug-likeness (QED) is 0.658. The third-order valence-corrected chi connectivity index (χ3v) is 2.68. The Morgan fingerprint density at radius 3 is 3.00 bits per heavy atom. The lowest BCUT2D eigenvalue weighted by Crippen LogP contribution is -1.90. The summed E-state index contributed by atoms with van der Waals surface area (Å²) in [6.07, 6.45) is 2.69. The van der Waals surface area contributed by atoms with Crippen LogP contribution in [0.15, 0.2) is 18.2 Å². The van der Waals surface area contributed by atoms with Crippen molar-refractivity contribution in [2.45, 2.75) is 18.8 Å². The number of benzene rings is 1. The van der Waals surface area contributed by atoms with Crippen molar-refractivity contribution in [1.82, 2.24) is 15.0 Å². The molecule has 13 heavy (non-hydrogen) atoms. The van der Waals surface area contributed by atoms with E-state index in [1.807, 2.05) is 11.7 Å². The number of aryl methyl sites for hydroxylation is 1. The second kappa shape index (κ2) is 2.31. The summed E-state index contributed by atoms with van der Waals surface area (Å²) in [4.78, 5) is 0. The van der Waals surface area contributed by atoms with Gasteiger partial charge in [0.15, 0.2) is 0 Å². The SMILES string of the molecule is Cn1nnc2ccc(C3CC3)cc21. The molecule has 1 aromatic carbocycles. The molecule has 1 saturated carbocycles. The van der Waals surface area contributed by atoms with E-state index in [9.17, 15) is 0 Å². The van der Waals surface area contributed by atoms with Crippen LogP contribution in [0.1, 0.15) is 24.3 Å². The van der Waals surface area contributed by atoms with Gasteiger partial charge < -0.3 is 0 Å². The lowest BCUT2D eigenvalue weighted by atomic mass is 10.1. The van der Waals surface area contributed by atoms with Gasteiger partial charge >= 0.3 is 0 Å². The second-order valence-corrected chi connectivity index (χ2v) is 3.74. The largest absolute Gasteiger partial charge is 0.248 e. The van der Waals surface area contributed by atoms with Gasteiger partial charge in [-0.05, 0) is 36.5 Å². The number of hydrogen-bond donors (Lipinski definition) is 0. The van der Waals surface area contributed by atoms with E-state index in [0.29, 0.717) is 0 Å². The topological polar surface area (TPSA) is 30.7 Å². The maximum atomic E-state index is 4.05. The molecule has 1 aliphatic carbocycles. The minimum atomic E-state index is 0.805. The van der Waals surface area contributed by atoms with Crippen LogP contribution in [-0.2, 0) is 7.05 Å². The van der Waals surface area contributed by atoms with E-state index in [0.717, 1.165) is 17.0 Å². The minimum Gasteiger partial charge on any atom is -0.248 e. The van der Waals surface area contributed by atoms with Gasteiger partial charge in [-0.3, -0.25) is 0 Å². The Balaban J connectivity index is 2.24. The molecule has 0 aliphatic heterocycles. The molecule has 0 bridgehead atoms. The van der Waals surface area contributed by atoms with Crippen molar-refractivity contribution in [2.75, 3.05) is 0 Å². The molecular weight excluding hydrogens is 162 g/mol. The van der Waals surface area contributed by atoms with Gasteiger partial charge in [-0.15, -0.1) is 5.10 Å². The number of hydrogen-bond acceptors (Lipinski definition) is 2. The van der Waals surface area contributed by atoms with E-state index in [1.165, 1.54) is 18.4 Å². The van der Waals surface area contributed by atoms with Crippen molar-refractivity contribution in [1.29, 1.82) is 0 Å². The summed E-state index contributed by atoms with van der Waals surface area (Å²) >= 11 is 0. The molecule has 0 amide bonds. The summed E-state index contributed by atoms with van der Waals surface area (Å²) in [6.45, 7) is 0. The van der Waals surface area contributed by atoms with Gasteiger partial charge in [0, 0.05) is 7.05 Å². The molecule has 1 fully saturated rings. The molecule has 2 aromatic rings. The zero-order valence-corrected chi connectivity index (χ0v) is 7.57. The fraction of sp³-hybridized carbons (Fsp3) is 0.400. The standard InChI is InChI=1S/C10H11N3/c1-13-10-6-8(7-2-3-7)4-5-9(10)11-12-13/h4-7H,2-3H2,1H3. The normalized spacial score (nSPS) is 16.7. The maximum absolute atomic E-state index is 4.05. The van der Waals surface area contributed by atoms with Gasteiger partial charge in [0.25, 0.3) is 0 Å². The second-order valence-electron chi connectivity index (χ2n) is 3.74. The van der Waals surface area contributed by atoms with Crippen molar-refractivity contribution < 1.29 is 0 Å². The molecule has 0 N–H and O–H groups in total. The Morgan fingerprint density at radius 2 is 2.23 bits per heavy atom. The molecule has 3 nitrogen and oxygen atoms in total. The molecule has 1 heterocycles. The highest BCUT2D eigenvalue weighted by molar-refractivity contribution is 5.75. The zero-order valence-electron chi connectivity index (χ0n) is 7.57. The highest BCUT2D eigenvalue weighted by atomic mass is 15.4. The summed E-state index contributed by atoms with van der Waals surface area (Å²) < 4.78 is 1.83. The Bertz CT molecular complexity index is 454. The number of aromatic nitrogens is 3. The fourth-order valence-electron chi connectivity index (χ4n) is 1.72. The van der Waals surface area contributed by atoms with Crippen LogP contribution in [0.2, 0.25) is 0 Å². The van der Waals surface area contributed by atoms with Crippen molar-refractivity contribution in [3.05, 3.63) is 23.8 Å². The van der Waals surface area contributed by atoms with Gasteiger partial charge in [-0.1, -0.05) is 11.3 Å². The number of nitrogens with zero attached hydrogens (tertiary/aromatic N) is 3. The van der Waals surface area contributed by atoms with Crippen LogP contribution in [0.3, 0.4) is 0 Å². The third-order valence-electron chi connectivity index (χ3n) is 2.68. The third kappa shape index (κ3) is 1.03. The maximum Gasteiger partial charge on any atom is 0.113 e. The molecule has 0 atom stereocenters. The fourth-order valence-corrected chi connectivity index (χ4v) is 1.72. The Morgan fingerprint density at radius 1 is 1.38 bits per heavy atom. The van der Waals surface area contributed by atoms with Crippen molar-refractivity contribution in [3.8, 4) is 0 Å². The van der Waals surface area contributed by atoms with E-state index in [2.05, 4.69) is 28.5 Å². The Hall–Kier alpha value is -1.38. The lowest BCUT2D eigenvalue weighted by Gasteiger charge is -1.97. The highest BCUT2D eigenvalue weighted by Crippen LogP contribution is 2.40. The van der Waals surface area contributed by atoms with E-state index < -0.39 is 0 Å². The first-order chi connectivity index (χ1) is 6.34. The van der Waals surface area contributed by atoms with Crippen molar-refractivity contribution in [2.24, 2.45) is 7.05 Å². The van der Waals surface area contributed by atoms with Crippen LogP contribution in [-0.4, -0.2) is 15.0 Å². The predicted molar refractivity (Wildman–Crippen MR) is 50.5 cm³/mol. The Kier molecular flexibility index (Phi) is 1.26. The average Bonchev–Trinajstić information content (AvgIpc) is 2.93. The molecular formula is C10H11N3. The number of rotatable bonds is 1. The molecule has 1 aliphatic rings.